The van der Waals surface area contributed by atoms with Crippen molar-refractivity contribution in [2.75, 3.05) is 0 Å². The molecule has 8 aromatic carbocycles. The lowest BCUT2D eigenvalue weighted by Crippen LogP contribution is -1.98. The Balaban J connectivity index is 1.21. The Hall–Kier alpha value is -6.84. The predicted molar refractivity (Wildman–Crippen MR) is 212 cm³/mol. The molecule has 0 saturated heterocycles. The average Bonchev–Trinajstić information content (AvgIpc) is 3.72. The number of benzene rings is 8. The summed E-state index contributed by atoms with van der Waals surface area (Å²) in [6.07, 6.45) is 0. The van der Waals surface area contributed by atoms with Crippen molar-refractivity contribution in [3.05, 3.63) is 176 Å². The summed E-state index contributed by atoms with van der Waals surface area (Å²) in [5, 5.41) is 7.64. The van der Waals surface area contributed by atoms with Gasteiger partial charge in [0, 0.05) is 38.5 Å². The highest BCUT2D eigenvalue weighted by Gasteiger charge is 2.26. The standard InChI is InChI=1S/C48H29N3/c1-3-14-31(15-4-1)42-29-43(50-48(49-42)32-16-5-2-6-17-32)33-18-11-19-34(27-33)51-44-28-41-37-22-10-9-21-36(37)38-23-12-24-39(45(38)41)46(44)40-26-25-30-13-7-8-20-35(30)47(40)51/h1-29H. The van der Waals surface area contributed by atoms with E-state index in [0.29, 0.717) is 5.82 Å². The van der Waals surface area contributed by atoms with E-state index in [4.69, 9.17) is 9.97 Å². The van der Waals surface area contributed by atoms with Crippen LogP contribution in [0, 0.1) is 0 Å². The van der Waals surface area contributed by atoms with Crippen LogP contribution in [0.15, 0.2) is 176 Å². The van der Waals surface area contributed by atoms with Crippen LogP contribution in [0.5, 0.6) is 0 Å². The topological polar surface area (TPSA) is 30.7 Å². The monoisotopic (exact) mass is 647 g/mol. The van der Waals surface area contributed by atoms with Gasteiger partial charge in [-0.05, 0) is 62.7 Å². The van der Waals surface area contributed by atoms with Crippen molar-refractivity contribution in [3.63, 3.8) is 0 Å². The molecule has 10 aromatic rings. The average molecular weight is 648 g/mol. The highest BCUT2D eigenvalue weighted by Crippen LogP contribution is 2.51. The maximum absolute atomic E-state index is 5.18. The third-order valence-electron chi connectivity index (χ3n) is 10.5. The molecule has 0 bridgehead atoms. The summed E-state index contributed by atoms with van der Waals surface area (Å²) in [4.78, 5) is 10.2. The second-order valence-electron chi connectivity index (χ2n) is 13.4. The quantitative estimate of drug-likeness (QED) is 0.190. The zero-order valence-corrected chi connectivity index (χ0v) is 27.6. The molecule has 1 aliphatic rings. The first-order valence-corrected chi connectivity index (χ1v) is 17.4. The molecule has 11 rings (SSSR count). The Bertz CT molecular complexity index is 2950. The van der Waals surface area contributed by atoms with Gasteiger partial charge in [-0.3, -0.25) is 0 Å². The molecule has 2 aromatic heterocycles. The molecular formula is C48H29N3. The lowest BCUT2D eigenvalue weighted by molar-refractivity contribution is 1.17. The molecule has 0 atom stereocenters. The van der Waals surface area contributed by atoms with Gasteiger partial charge in [0.1, 0.15) is 0 Å². The number of hydrogen-bond acceptors (Lipinski definition) is 2. The Morgan fingerprint density at radius 2 is 1.00 bits per heavy atom. The molecule has 0 spiro atoms. The SMILES string of the molecule is c1ccc(-c2cc(-c3cccc(-n4c5cc6c7c(cccc7c5c5ccc7ccccc7c54)-c4ccccc4-6)c3)nc(-c3ccccc3)n2)cc1. The van der Waals surface area contributed by atoms with Crippen LogP contribution in [-0.2, 0) is 0 Å². The van der Waals surface area contributed by atoms with E-state index in [-0.39, 0.29) is 0 Å². The molecule has 2 heterocycles. The van der Waals surface area contributed by atoms with Crippen LogP contribution in [0.1, 0.15) is 0 Å². The second kappa shape index (κ2) is 10.8. The van der Waals surface area contributed by atoms with Crippen molar-refractivity contribution in [1.82, 2.24) is 14.5 Å². The molecule has 1 aliphatic carbocycles. The molecule has 0 N–H and O–H groups in total. The lowest BCUT2D eigenvalue weighted by atomic mass is 9.97. The van der Waals surface area contributed by atoms with Gasteiger partial charge in [-0.15, -0.1) is 0 Å². The van der Waals surface area contributed by atoms with E-state index < -0.39 is 0 Å². The first-order chi connectivity index (χ1) is 25.3. The van der Waals surface area contributed by atoms with Crippen molar-refractivity contribution < 1.29 is 0 Å². The molecule has 0 unspecified atom stereocenters. The number of fused-ring (bicyclic) bond motifs is 9. The summed E-state index contributed by atoms with van der Waals surface area (Å²) in [5.74, 6) is 0.712. The van der Waals surface area contributed by atoms with E-state index >= 15 is 0 Å². The lowest BCUT2D eigenvalue weighted by Gasteiger charge is -2.13. The molecule has 3 heteroatoms. The summed E-state index contributed by atoms with van der Waals surface area (Å²) in [7, 11) is 0. The van der Waals surface area contributed by atoms with E-state index in [0.717, 1.165) is 33.8 Å². The third kappa shape index (κ3) is 4.19. The zero-order chi connectivity index (χ0) is 33.5. The van der Waals surface area contributed by atoms with Gasteiger partial charge >= 0.3 is 0 Å². The summed E-state index contributed by atoms with van der Waals surface area (Å²) in [6.45, 7) is 0. The normalized spacial score (nSPS) is 11.9. The van der Waals surface area contributed by atoms with Gasteiger partial charge < -0.3 is 4.57 Å². The molecular weight excluding hydrogens is 619 g/mol. The van der Waals surface area contributed by atoms with Crippen molar-refractivity contribution in [1.29, 1.82) is 0 Å². The van der Waals surface area contributed by atoms with Gasteiger partial charge in [-0.1, -0.05) is 152 Å². The zero-order valence-electron chi connectivity index (χ0n) is 27.6. The fourth-order valence-electron chi connectivity index (χ4n) is 8.28. The molecule has 0 amide bonds. The smallest absolute Gasteiger partial charge is 0.160 e. The van der Waals surface area contributed by atoms with Crippen LogP contribution in [-0.4, -0.2) is 14.5 Å². The summed E-state index contributed by atoms with van der Waals surface area (Å²) in [6, 6.07) is 63.0. The van der Waals surface area contributed by atoms with E-state index in [1.165, 1.54) is 65.6 Å². The fraction of sp³-hybridized carbons (Fsp3) is 0. The van der Waals surface area contributed by atoms with E-state index in [9.17, 15) is 0 Å². The van der Waals surface area contributed by atoms with Crippen LogP contribution in [0.25, 0.3) is 105 Å². The number of hydrogen-bond donors (Lipinski definition) is 0. The molecule has 0 fully saturated rings. The third-order valence-corrected chi connectivity index (χ3v) is 10.5. The van der Waals surface area contributed by atoms with Gasteiger partial charge in [0.15, 0.2) is 5.82 Å². The van der Waals surface area contributed by atoms with Gasteiger partial charge in [-0.2, -0.15) is 0 Å². The fourth-order valence-corrected chi connectivity index (χ4v) is 8.28. The van der Waals surface area contributed by atoms with Crippen LogP contribution in [0.4, 0.5) is 0 Å². The summed E-state index contributed by atoms with van der Waals surface area (Å²) >= 11 is 0. The van der Waals surface area contributed by atoms with Crippen LogP contribution < -0.4 is 0 Å². The Morgan fingerprint density at radius 3 is 1.82 bits per heavy atom. The van der Waals surface area contributed by atoms with Crippen molar-refractivity contribution in [3.8, 4) is 61.8 Å². The van der Waals surface area contributed by atoms with Crippen LogP contribution in [0.3, 0.4) is 0 Å². The minimum Gasteiger partial charge on any atom is -0.309 e. The summed E-state index contributed by atoms with van der Waals surface area (Å²) in [5.41, 5.74) is 13.6. The minimum absolute atomic E-state index is 0.712. The molecule has 236 valence electrons. The van der Waals surface area contributed by atoms with Crippen molar-refractivity contribution in [2.24, 2.45) is 0 Å². The van der Waals surface area contributed by atoms with Gasteiger partial charge in [0.05, 0.1) is 22.4 Å². The van der Waals surface area contributed by atoms with Crippen LogP contribution >= 0.6 is 0 Å². The number of nitrogens with zero attached hydrogens (tertiary/aromatic N) is 3. The Labute approximate surface area is 294 Å². The molecule has 3 nitrogen and oxygen atoms in total. The molecule has 0 saturated carbocycles. The summed E-state index contributed by atoms with van der Waals surface area (Å²) < 4.78 is 2.48. The maximum Gasteiger partial charge on any atom is 0.160 e. The highest BCUT2D eigenvalue weighted by molar-refractivity contribution is 6.31. The van der Waals surface area contributed by atoms with E-state index in [1.54, 1.807) is 0 Å². The Morgan fingerprint density at radius 1 is 0.373 bits per heavy atom. The first-order valence-electron chi connectivity index (χ1n) is 17.4. The van der Waals surface area contributed by atoms with Crippen molar-refractivity contribution in [2.45, 2.75) is 0 Å². The highest BCUT2D eigenvalue weighted by atomic mass is 15.0. The van der Waals surface area contributed by atoms with Crippen molar-refractivity contribution >= 4 is 43.4 Å². The maximum atomic E-state index is 5.18. The second-order valence-corrected chi connectivity index (χ2v) is 13.4. The number of aromatic nitrogens is 3. The van der Waals surface area contributed by atoms with E-state index in [2.05, 4.69) is 156 Å². The van der Waals surface area contributed by atoms with Gasteiger partial charge in [0.2, 0.25) is 0 Å². The Kier molecular flexibility index (Phi) is 5.96. The number of rotatable bonds is 4. The minimum atomic E-state index is 0.712. The van der Waals surface area contributed by atoms with Gasteiger partial charge in [-0.25, -0.2) is 9.97 Å². The molecule has 0 radical (unpaired) electrons. The first kappa shape index (κ1) is 28.0. The largest absolute Gasteiger partial charge is 0.309 e. The van der Waals surface area contributed by atoms with E-state index in [1.807, 2.05) is 24.3 Å². The molecule has 51 heavy (non-hydrogen) atoms. The van der Waals surface area contributed by atoms with Crippen LogP contribution in [0.2, 0.25) is 0 Å². The molecule has 0 aliphatic heterocycles. The predicted octanol–water partition coefficient (Wildman–Crippen LogP) is 12.5. The van der Waals surface area contributed by atoms with Gasteiger partial charge in [0.25, 0.3) is 0 Å².